The number of allylic oxidation sites excluding steroid dienone is 2. The second-order valence-electron chi connectivity index (χ2n) is 17.9. The molecule has 0 spiro atoms. The number of esters is 1. The lowest BCUT2D eigenvalue weighted by atomic mass is 10.0. The van der Waals surface area contributed by atoms with Gasteiger partial charge >= 0.3 is 5.97 Å². The molecule has 0 aliphatic heterocycles. The summed E-state index contributed by atoms with van der Waals surface area (Å²) in [5, 5.41) is 23.2. The molecular weight excluding hydrogens is 719 g/mol. The van der Waals surface area contributed by atoms with Crippen LogP contribution in [0.15, 0.2) is 12.2 Å². The second-order valence-corrected chi connectivity index (χ2v) is 17.9. The third-order valence-electron chi connectivity index (χ3n) is 12.1. The first-order valence-corrected chi connectivity index (χ1v) is 25.9. The molecule has 0 bridgehead atoms. The van der Waals surface area contributed by atoms with E-state index in [1.807, 2.05) is 0 Å². The van der Waals surface area contributed by atoms with Crippen molar-refractivity contribution in [3.63, 3.8) is 0 Å². The molecule has 0 aliphatic rings. The molecule has 1 amide bonds. The van der Waals surface area contributed by atoms with Gasteiger partial charge in [0, 0.05) is 12.8 Å². The van der Waals surface area contributed by atoms with Crippen LogP contribution < -0.4 is 5.32 Å². The molecule has 0 aromatic heterocycles. The first-order valence-electron chi connectivity index (χ1n) is 25.9. The standard InChI is InChI=1S/C52H101NO5/c1-3-5-7-9-11-13-15-17-18-19-20-21-22-23-24-25-28-32-36-40-44-50(55)49(48-54)53-51(56)45-41-37-33-29-27-31-35-39-43-47-58-52(57)46-42-38-34-30-26-16-14-12-10-8-6-4-2/h29,33,49-50,54-55H,3-28,30-32,34-48H2,1-2H3,(H,53,56)/b33-29-. The topological polar surface area (TPSA) is 95.9 Å². The van der Waals surface area contributed by atoms with Crippen LogP contribution >= 0.6 is 0 Å². The van der Waals surface area contributed by atoms with Crippen LogP contribution in [0.3, 0.4) is 0 Å². The van der Waals surface area contributed by atoms with E-state index < -0.39 is 12.1 Å². The van der Waals surface area contributed by atoms with Crippen molar-refractivity contribution in [2.24, 2.45) is 0 Å². The minimum Gasteiger partial charge on any atom is -0.466 e. The predicted octanol–water partition coefficient (Wildman–Crippen LogP) is 15.3. The molecular formula is C52H101NO5. The van der Waals surface area contributed by atoms with Gasteiger partial charge in [0.25, 0.3) is 0 Å². The van der Waals surface area contributed by atoms with Gasteiger partial charge in [0.15, 0.2) is 0 Å². The van der Waals surface area contributed by atoms with Crippen molar-refractivity contribution < 1.29 is 24.5 Å². The van der Waals surface area contributed by atoms with Crippen molar-refractivity contribution in [2.75, 3.05) is 13.2 Å². The van der Waals surface area contributed by atoms with E-state index in [0.717, 1.165) is 70.6 Å². The lowest BCUT2D eigenvalue weighted by Crippen LogP contribution is -2.45. The van der Waals surface area contributed by atoms with Crippen LogP contribution in [-0.2, 0) is 14.3 Å². The lowest BCUT2D eigenvalue weighted by molar-refractivity contribution is -0.143. The summed E-state index contributed by atoms with van der Waals surface area (Å²) in [6.45, 7) is 4.87. The van der Waals surface area contributed by atoms with E-state index in [-0.39, 0.29) is 18.5 Å². The normalized spacial score (nSPS) is 12.7. The molecule has 0 rings (SSSR count). The fourth-order valence-electron chi connectivity index (χ4n) is 8.05. The SMILES string of the molecule is CCCCCCCCCCCCCCCCCCCCCCC(O)C(CO)NC(=O)CCC/C=C\CCCCCCOC(=O)CCCCCCCCCCCCCC. The van der Waals surface area contributed by atoms with E-state index in [0.29, 0.717) is 25.9 Å². The maximum Gasteiger partial charge on any atom is 0.305 e. The van der Waals surface area contributed by atoms with E-state index in [1.54, 1.807) is 0 Å². The molecule has 0 saturated carbocycles. The zero-order valence-corrected chi connectivity index (χ0v) is 39.0. The Kier molecular flexibility index (Phi) is 47.1. The molecule has 2 atom stereocenters. The van der Waals surface area contributed by atoms with E-state index in [4.69, 9.17) is 4.74 Å². The third-order valence-corrected chi connectivity index (χ3v) is 12.1. The first-order chi connectivity index (χ1) is 28.5. The van der Waals surface area contributed by atoms with Crippen molar-refractivity contribution in [1.29, 1.82) is 0 Å². The summed E-state index contributed by atoms with van der Waals surface area (Å²) in [6, 6.07) is -0.578. The van der Waals surface area contributed by atoms with Gasteiger partial charge in [-0.2, -0.15) is 0 Å². The quantitative estimate of drug-likeness (QED) is 0.0323. The van der Waals surface area contributed by atoms with Crippen LogP contribution in [0.2, 0.25) is 0 Å². The van der Waals surface area contributed by atoms with Gasteiger partial charge in [-0.25, -0.2) is 0 Å². The van der Waals surface area contributed by atoms with Crippen LogP contribution in [0.4, 0.5) is 0 Å². The predicted molar refractivity (Wildman–Crippen MR) is 250 cm³/mol. The molecule has 2 unspecified atom stereocenters. The Balaban J connectivity index is 3.53. The zero-order chi connectivity index (χ0) is 42.3. The third kappa shape index (κ3) is 44.2. The molecule has 0 aliphatic carbocycles. The van der Waals surface area contributed by atoms with Crippen LogP contribution in [0.1, 0.15) is 284 Å². The molecule has 0 aromatic carbocycles. The summed E-state index contributed by atoms with van der Waals surface area (Å²) in [6.07, 6.45) is 54.8. The molecule has 6 nitrogen and oxygen atoms in total. The molecule has 0 saturated heterocycles. The fourth-order valence-corrected chi connectivity index (χ4v) is 8.05. The lowest BCUT2D eigenvalue weighted by Gasteiger charge is -2.22. The molecule has 344 valence electrons. The van der Waals surface area contributed by atoms with Gasteiger partial charge in [-0.05, 0) is 44.9 Å². The Hall–Kier alpha value is -1.40. The van der Waals surface area contributed by atoms with Gasteiger partial charge in [-0.1, -0.05) is 238 Å². The monoisotopic (exact) mass is 820 g/mol. The van der Waals surface area contributed by atoms with E-state index in [1.165, 1.54) is 180 Å². The number of ether oxygens (including phenoxy) is 1. The molecule has 0 radical (unpaired) electrons. The Bertz CT molecular complexity index is 863. The van der Waals surface area contributed by atoms with Gasteiger partial charge in [0.2, 0.25) is 5.91 Å². The number of aliphatic hydroxyl groups is 2. The highest BCUT2D eigenvalue weighted by Gasteiger charge is 2.20. The number of carbonyl (C=O) groups is 2. The zero-order valence-electron chi connectivity index (χ0n) is 39.0. The maximum atomic E-state index is 12.4. The number of amides is 1. The fraction of sp³-hybridized carbons (Fsp3) is 0.923. The molecule has 0 fully saturated rings. The van der Waals surface area contributed by atoms with Gasteiger partial charge in [-0.3, -0.25) is 9.59 Å². The van der Waals surface area contributed by atoms with Crippen molar-refractivity contribution in [2.45, 2.75) is 296 Å². The number of hydrogen-bond acceptors (Lipinski definition) is 5. The minimum atomic E-state index is -0.694. The van der Waals surface area contributed by atoms with Crippen molar-refractivity contribution in [3.05, 3.63) is 12.2 Å². The highest BCUT2D eigenvalue weighted by Crippen LogP contribution is 2.17. The highest BCUT2D eigenvalue weighted by atomic mass is 16.5. The summed E-state index contributed by atoms with van der Waals surface area (Å²) < 4.78 is 5.43. The Morgan fingerprint density at radius 1 is 0.466 bits per heavy atom. The molecule has 58 heavy (non-hydrogen) atoms. The van der Waals surface area contributed by atoms with E-state index in [9.17, 15) is 19.8 Å². The second kappa shape index (κ2) is 48.3. The summed E-state index contributed by atoms with van der Waals surface area (Å²) in [5.41, 5.74) is 0. The van der Waals surface area contributed by atoms with Crippen molar-refractivity contribution in [1.82, 2.24) is 5.32 Å². The van der Waals surface area contributed by atoms with E-state index in [2.05, 4.69) is 31.3 Å². The maximum absolute atomic E-state index is 12.4. The van der Waals surface area contributed by atoms with Crippen molar-refractivity contribution in [3.8, 4) is 0 Å². The van der Waals surface area contributed by atoms with Gasteiger partial charge in [-0.15, -0.1) is 0 Å². The average Bonchev–Trinajstić information content (AvgIpc) is 3.22. The van der Waals surface area contributed by atoms with Crippen LogP contribution in [0.25, 0.3) is 0 Å². The van der Waals surface area contributed by atoms with Crippen molar-refractivity contribution >= 4 is 11.9 Å². The summed E-state index contributed by atoms with van der Waals surface area (Å²) in [5.74, 6) is -0.127. The number of carbonyl (C=O) groups excluding carboxylic acids is 2. The van der Waals surface area contributed by atoms with Crippen LogP contribution in [0.5, 0.6) is 0 Å². The summed E-state index contributed by atoms with van der Waals surface area (Å²) in [4.78, 5) is 24.4. The van der Waals surface area contributed by atoms with Gasteiger partial charge < -0.3 is 20.3 Å². The Morgan fingerprint density at radius 2 is 0.828 bits per heavy atom. The molecule has 3 N–H and O–H groups in total. The molecule has 6 heteroatoms. The number of rotatable bonds is 48. The summed E-state index contributed by atoms with van der Waals surface area (Å²) in [7, 11) is 0. The smallest absolute Gasteiger partial charge is 0.305 e. The molecule has 0 heterocycles. The van der Waals surface area contributed by atoms with E-state index >= 15 is 0 Å². The highest BCUT2D eigenvalue weighted by molar-refractivity contribution is 5.76. The van der Waals surface area contributed by atoms with Gasteiger partial charge in [0.05, 0.1) is 25.4 Å². The first kappa shape index (κ1) is 56.6. The minimum absolute atomic E-state index is 0.0343. The number of aliphatic hydroxyl groups excluding tert-OH is 2. The number of unbranched alkanes of at least 4 members (excludes halogenated alkanes) is 35. The Labute approximate surface area is 361 Å². The molecule has 0 aromatic rings. The number of nitrogens with one attached hydrogen (secondary N) is 1. The number of hydrogen-bond donors (Lipinski definition) is 3. The average molecular weight is 820 g/mol. The van der Waals surface area contributed by atoms with Gasteiger partial charge in [0.1, 0.15) is 0 Å². The van der Waals surface area contributed by atoms with Crippen LogP contribution in [0, 0.1) is 0 Å². The summed E-state index contributed by atoms with van der Waals surface area (Å²) >= 11 is 0. The Morgan fingerprint density at radius 3 is 1.26 bits per heavy atom. The largest absolute Gasteiger partial charge is 0.466 e. The van der Waals surface area contributed by atoms with Crippen LogP contribution in [-0.4, -0.2) is 47.4 Å².